The number of pyridine rings is 1. The fraction of sp³-hybridized carbons (Fsp3) is 0.615. The Labute approximate surface area is 116 Å². The molecule has 3 nitrogen and oxygen atoms in total. The van der Waals surface area contributed by atoms with Crippen molar-refractivity contribution in [3.63, 3.8) is 0 Å². The minimum absolute atomic E-state index is 0.324. The molecule has 17 heavy (non-hydrogen) atoms. The Balaban J connectivity index is 1.74. The molecule has 4 rings (SSSR count). The van der Waals surface area contributed by atoms with Crippen molar-refractivity contribution in [1.82, 2.24) is 9.88 Å². The first kappa shape index (κ1) is 11.7. The molecule has 3 saturated heterocycles. The molecule has 0 N–H and O–H groups in total. The maximum absolute atomic E-state index is 6.10. The summed E-state index contributed by atoms with van der Waals surface area (Å²) in [4.78, 5) is 6.88. The maximum Gasteiger partial charge on any atom is 0.213 e. The van der Waals surface area contributed by atoms with Crippen LogP contribution in [0.25, 0.3) is 0 Å². The van der Waals surface area contributed by atoms with Crippen molar-refractivity contribution in [3.05, 3.63) is 21.9 Å². The van der Waals surface area contributed by atoms with Gasteiger partial charge in [0.2, 0.25) is 5.88 Å². The summed E-state index contributed by atoms with van der Waals surface area (Å²) < 4.78 is 7.25. The van der Waals surface area contributed by atoms with Crippen molar-refractivity contribution in [2.24, 2.45) is 5.92 Å². The molecule has 2 atom stereocenters. The number of hydrogen-bond acceptors (Lipinski definition) is 3. The monoisotopic (exact) mass is 344 g/mol. The summed E-state index contributed by atoms with van der Waals surface area (Å²) in [5.41, 5.74) is 0. The van der Waals surface area contributed by atoms with Gasteiger partial charge in [-0.1, -0.05) is 0 Å². The molecule has 0 spiro atoms. The Kier molecular flexibility index (Phi) is 3.25. The molecule has 2 bridgehead atoms. The molecule has 3 fully saturated rings. The van der Waals surface area contributed by atoms with Gasteiger partial charge in [0.15, 0.2) is 0 Å². The van der Waals surface area contributed by atoms with Crippen molar-refractivity contribution < 1.29 is 4.74 Å². The SMILES string of the molecule is CC1C(Oc2ccc(I)cn2)C2CCN1CC2. The Morgan fingerprint density at radius 3 is 2.71 bits per heavy atom. The second-order valence-corrected chi connectivity index (χ2v) is 6.26. The third-order valence-corrected chi connectivity index (χ3v) is 4.69. The number of aromatic nitrogens is 1. The first-order valence-corrected chi connectivity index (χ1v) is 7.34. The van der Waals surface area contributed by atoms with Crippen molar-refractivity contribution in [1.29, 1.82) is 0 Å². The molecule has 0 radical (unpaired) electrons. The Bertz CT molecular complexity index is 385. The van der Waals surface area contributed by atoms with E-state index in [4.69, 9.17) is 4.74 Å². The zero-order valence-corrected chi connectivity index (χ0v) is 12.1. The van der Waals surface area contributed by atoms with Crippen molar-refractivity contribution in [2.75, 3.05) is 13.1 Å². The lowest BCUT2D eigenvalue weighted by Crippen LogP contribution is -2.58. The Hall–Kier alpha value is -0.360. The lowest BCUT2D eigenvalue weighted by molar-refractivity contribution is -0.0525. The van der Waals surface area contributed by atoms with Crippen LogP contribution in [-0.2, 0) is 0 Å². The number of piperidine rings is 3. The van der Waals surface area contributed by atoms with E-state index in [2.05, 4.69) is 45.5 Å². The molecule has 3 aliphatic heterocycles. The average molecular weight is 344 g/mol. The predicted octanol–water partition coefficient (Wildman–Crippen LogP) is 2.55. The minimum atomic E-state index is 0.324. The van der Waals surface area contributed by atoms with Gasteiger partial charge in [0.05, 0.1) is 0 Å². The molecule has 1 aromatic rings. The minimum Gasteiger partial charge on any atom is -0.472 e. The predicted molar refractivity (Wildman–Crippen MR) is 75.1 cm³/mol. The van der Waals surface area contributed by atoms with Gasteiger partial charge in [-0.2, -0.15) is 0 Å². The molecule has 2 unspecified atom stereocenters. The molecular weight excluding hydrogens is 327 g/mol. The summed E-state index contributed by atoms with van der Waals surface area (Å²) in [6.45, 7) is 4.76. The Morgan fingerprint density at radius 2 is 2.12 bits per heavy atom. The third kappa shape index (κ3) is 2.29. The maximum atomic E-state index is 6.10. The quantitative estimate of drug-likeness (QED) is 0.771. The van der Waals surface area contributed by atoms with Crippen LogP contribution in [0.4, 0.5) is 0 Å². The summed E-state index contributed by atoms with van der Waals surface area (Å²) in [6.07, 6.45) is 4.74. The molecule has 1 aromatic heterocycles. The zero-order valence-electron chi connectivity index (χ0n) is 9.97. The number of ether oxygens (including phenoxy) is 1. The second-order valence-electron chi connectivity index (χ2n) is 5.01. The summed E-state index contributed by atoms with van der Waals surface area (Å²) in [7, 11) is 0. The van der Waals surface area contributed by atoms with Crippen molar-refractivity contribution >= 4 is 22.6 Å². The second kappa shape index (κ2) is 4.72. The molecular formula is C13H17IN2O. The fourth-order valence-electron chi connectivity index (χ4n) is 3.02. The van der Waals surface area contributed by atoms with E-state index in [1.807, 2.05) is 12.3 Å². The number of rotatable bonds is 2. The first-order valence-electron chi connectivity index (χ1n) is 6.26. The molecule has 0 amide bonds. The van der Waals surface area contributed by atoms with Crippen LogP contribution in [0.2, 0.25) is 0 Å². The van der Waals surface area contributed by atoms with Gasteiger partial charge < -0.3 is 4.74 Å². The molecule has 0 aliphatic carbocycles. The number of halogens is 1. The van der Waals surface area contributed by atoms with E-state index in [0.29, 0.717) is 12.1 Å². The normalized spacial score (nSPS) is 35.9. The van der Waals surface area contributed by atoms with Crippen molar-refractivity contribution in [3.8, 4) is 5.88 Å². The van der Waals surface area contributed by atoms with Crippen LogP contribution in [0.15, 0.2) is 18.3 Å². The van der Waals surface area contributed by atoms with E-state index in [0.717, 1.165) is 15.4 Å². The van der Waals surface area contributed by atoms with E-state index < -0.39 is 0 Å². The molecule has 0 aromatic carbocycles. The van der Waals surface area contributed by atoms with Gasteiger partial charge in [-0.05, 0) is 67.4 Å². The largest absolute Gasteiger partial charge is 0.472 e. The lowest BCUT2D eigenvalue weighted by atomic mass is 9.81. The van der Waals surface area contributed by atoms with E-state index in [1.165, 1.54) is 25.9 Å². The van der Waals surface area contributed by atoms with Crippen LogP contribution in [0.5, 0.6) is 5.88 Å². The molecule has 0 saturated carbocycles. The van der Waals surface area contributed by atoms with Crippen molar-refractivity contribution in [2.45, 2.75) is 31.9 Å². The van der Waals surface area contributed by atoms with Gasteiger partial charge in [-0.15, -0.1) is 0 Å². The summed E-state index contributed by atoms with van der Waals surface area (Å²) in [6, 6.07) is 4.56. The van der Waals surface area contributed by atoms with Crippen LogP contribution in [0.1, 0.15) is 19.8 Å². The molecule has 3 aliphatic rings. The first-order chi connectivity index (χ1) is 8.24. The lowest BCUT2D eigenvalue weighted by Gasteiger charge is -2.49. The molecule has 92 valence electrons. The van der Waals surface area contributed by atoms with E-state index in [1.54, 1.807) is 0 Å². The highest BCUT2D eigenvalue weighted by atomic mass is 127. The standard InChI is InChI=1S/C13H17IN2O/c1-9-13(10-4-6-16(9)7-5-10)17-12-3-2-11(14)8-15-12/h2-3,8-10,13H,4-7H2,1H3. The topological polar surface area (TPSA) is 25.4 Å². The molecule has 4 heterocycles. The van der Waals surface area contributed by atoms with Gasteiger partial charge in [0, 0.05) is 21.9 Å². The summed E-state index contributed by atoms with van der Waals surface area (Å²) >= 11 is 2.26. The van der Waals surface area contributed by atoms with Crippen LogP contribution in [0.3, 0.4) is 0 Å². The van der Waals surface area contributed by atoms with Crippen LogP contribution in [0, 0.1) is 9.49 Å². The van der Waals surface area contributed by atoms with Crippen LogP contribution in [-0.4, -0.2) is 35.1 Å². The Morgan fingerprint density at radius 1 is 1.35 bits per heavy atom. The van der Waals surface area contributed by atoms with Gasteiger partial charge >= 0.3 is 0 Å². The number of fused-ring (bicyclic) bond motifs is 3. The number of nitrogens with zero attached hydrogens (tertiary/aromatic N) is 2. The highest BCUT2D eigenvalue weighted by Gasteiger charge is 2.41. The van der Waals surface area contributed by atoms with Gasteiger partial charge in [0.1, 0.15) is 6.10 Å². The third-order valence-electron chi connectivity index (χ3n) is 4.05. The zero-order chi connectivity index (χ0) is 11.8. The summed E-state index contributed by atoms with van der Waals surface area (Å²) in [5.74, 6) is 1.49. The smallest absolute Gasteiger partial charge is 0.213 e. The average Bonchev–Trinajstić information content (AvgIpc) is 2.37. The van der Waals surface area contributed by atoms with E-state index in [9.17, 15) is 0 Å². The molecule has 4 heteroatoms. The number of hydrogen-bond donors (Lipinski definition) is 0. The highest BCUT2D eigenvalue weighted by molar-refractivity contribution is 14.1. The van der Waals surface area contributed by atoms with Gasteiger partial charge in [0.25, 0.3) is 0 Å². The van der Waals surface area contributed by atoms with Gasteiger partial charge in [-0.25, -0.2) is 4.98 Å². The van der Waals surface area contributed by atoms with E-state index in [-0.39, 0.29) is 0 Å². The van der Waals surface area contributed by atoms with Crippen LogP contribution < -0.4 is 4.74 Å². The summed E-state index contributed by atoms with van der Waals surface area (Å²) in [5, 5.41) is 0. The van der Waals surface area contributed by atoms with Gasteiger partial charge in [-0.3, -0.25) is 4.90 Å². The van der Waals surface area contributed by atoms with Crippen LogP contribution >= 0.6 is 22.6 Å². The van der Waals surface area contributed by atoms with E-state index >= 15 is 0 Å². The fourth-order valence-corrected chi connectivity index (χ4v) is 3.34. The highest BCUT2D eigenvalue weighted by Crippen LogP contribution is 2.34.